The molecule has 0 spiro atoms. The third kappa shape index (κ3) is 3.36. The van der Waals surface area contributed by atoms with Crippen molar-refractivity contribution in [2.45, 2.75) is 13.5 Å². The number of aryl methyl sites for hydroxylation is 1. The average molecular weight is 369 g/mol. The first-order chi connectivity index (χ1) is 12.5. The molecule has 0 aliphatic rings. The predicted octanol–water partition coefficient (Wildman–Crippen LogP) is 4.19. The van der Waals surface area contributed by atoms with Gasteiger partial charge in [0.1, 0.15) is 24.0 Å². The summed E-state index contributed by atoms with van der Waals surface area (Å²) >= 11 is 6.06. The molecule has 8 heteroatoms. The summed E-state index contributed by atoms with van der Waals surface area (Å²) in [5.41, 5.74) is 2.26. The highest BCUT2D eigenvalue weighted by molar-refractivity contribution is 6.32. The van der Waals surface area contributed by atoms with Crippen LogP contribution in [-0.4, -0.2) is 14.7 Å². The minimum Gasteiger partial charge on any atom is -0.486 e. The normalized spacial score (nSPS) is 10.3. The highest BCUT2D eigenvalue weighted by Gasteiger charge is 2.18. The van der Waals surface area contributed by atoms with Crippen molar-refractivity contribution in [1.29, 1.82) is 5.26 Å². The Morgan fingerprint density at radius 2 is 2.04 bits per heavy atom. The highest BCUT2D eigenvalue weighted by atomic mass is 35.5. The Balaban J connectivity index is 1.93. The summed E-state index contributed by atoms with van der Waals surface area (Å²) in [6, 6.07) is 15.5. The van der Waals surface area contributed by atoms with E-state index in [0.717, 1.165) is 5.69 Å². The van der Waals surface area contributed by atoms with Gasteiger partial charge in [-0.15, -0.1) is 0 Å². The largest absolute Gasteiger partial charge is 0.486 e. The second-order valence-electron chi connectivity index (χ2n) is 5.43. The number of para-hydroxylation sites is 1. The quantitative estimate of drug-likeness (QED) is 0.497. The smallest absolute Gasteiger partial charge is 0.271 e. The van der Waals surface area contributed by atoms with Crippen molar-refractivity contribution in [2.24, 2.45) is 0 Å². The van der Waals surface area contributed by atoms with E-state index >= 15 is 0 Å². The molecule has 130 valence electrons. The van der Waals surface area contributed by atoms with Crippen LogP contribution in [0.5, 0.6) is 5.75 Å². The molecular formula is C18H13ClN4O3. The van der Waals surface area contributed by atoms with Crippen molar-refractivity contribution in [3.05, 3.63) is 80.6 Å². The summed E-state index contributed by atoms with van der Waals surface area (Å²) in [7, 11) is 0. The molecule has 7 nitrogen and oxygen atoms in total. The molecule has 0 bridgehead atoms. The van der Waals surface area contributed by atoms with Crippen LogP contribution in [0.1, 0.15) is 17.0 Å². The average Bonchev–Trinajstić information content (AvgIpc) is 2.96. The van der Waals surface area contributed by atoms with Gasteiger partial charge in [-0.2, -0.15) is 10.4 Å². The van der Waals surface area contributed by atoms with Gasteiger partial charge in [-0.05, 0) is 25.1 Å². The first-order valence-electron chi connectivity index (χ1n) is 7.62. The molecule has 1 aromatic heterocycles. The van der Waals surface area contributed by atoms with Gasteiger partial charge < -0.3 is 4.74 Å². The third-order valence-corrected chi connectivity index (χ3v) is 4.05. The molecule has 0 N–H and O–H groups in total. The molecule has 0 saturated carbocycles. The van der Waals surface area contributed by atoms with Gasteiger partial charge in [-0.3, -0.25) is 10.1 Å². The number of ether oxygens (including phenoxy) is 1. The number of hydrogen-bond donors (Lipinski definition) is 0. The lowest BCUT2D eigenvalue weighted by Crippen LogP contribution is -2.07. The Kier molecular flexibility index (Phi) is 4.87. The van der Waals surface area contributed by atoms with Crippen LogP contribution in [0.4, 0.5) is 5.69 Å². The van der Waals surface area contributed by atoms with E-state index in [0.29, 0.717) is 22.7 Å². The van der Waals surface area contributed by atoms with Crippen molar-refractivity contribution in [1.82, 2.24) is 9.78 Å². The van der Waals surface area contributed by atoms with Gasteiger partial charge in [0.05, 0.1) is 27.0 Å². The number of non-ortho nitro benzene ring substituents is 1. The number of nitriles is 1. The Bertz CT molecular complexity index is 1010. The molecule has 1 heterocycles. The molecule has 0 fully saturated rings. The molecular weight excluding hydrogens is 356 g/mol. The summed E-state index contributed by atoms with van der Waals surface area (Å²) in [5.74, 6) is 0.291. The number of nitro benzene ring substituents is 1. The van der Waals surface area contributed by atoms with Crippen molar-refractivity contribution in [3.8, 4) is 17.5 Å². The second kappa shape index (κ2) is 7.25. The zero-order valence-electron chi connectivity index (χ0n) is 13.7. The van der Waals surface area contributed by atoms with E-state index in [9.17, 15) is 15.4 Å². The van der Waals surface area contributed by atoms with Crippen LogP contribution < -0.4 is 4.74 Å². The molecule has 0 aliphatic heterocycles. The number of nitro groups is 1. The van der Waals surface area contributed by atoms with Crippen LogP contribution in [0.25, 0.3) is 5.69 Å². The first-order valence-corrected chi connectivity index (χ1v) is 8.00. The number of rotatable bonds is 5. The molecule has 3 rings (SSSR count). The summed E-state index contributed by atoms with van der Waals surface area (Å²) in [5, 5.41) is 24.8. The van der Waals surface area contributed by atoms with Gasteiger partial charge in [0, 0.05) is 12.1 Å². The molecule has 0 aliphatic carbocycles. The van der Waals surface area contributed by atoms with E-state index in [1.807, 2.05) is 30.3 Å². The van der Waals surface area contributed by atoms with Crippen molar-refractivity contribution in [2.75, 3.05) is 0 Å². The fourth-order valence-corrected chi connectivity index (χ4v) is 2.73. The Morgan fingerprint density at radius 3 is 2.65 bits per heavy atom. The molecule has 0 saturated heterocycles. The molecule has 0 unspecified atom stereocenters. The van der Waals surface area contributed by atoms with E-state index in [1.54, 1.807) is 11.6 Å². The Labute approximate surface area is 154 Å². The van der Waals surface area contributed by atoms with Crippen molar-refractivity contribution in [3.63, 3.8) is 0 Å². The van der Waals surface area contributed by atoms with Gasteiger partial charge in [0.2, 0.25) is 0 Å². The monoisotopic (exact) mass is 368 g/mol. The standard InChI is InChI=1S/C18H13ClN4O3/c1-12-15(10-20)17(22(21-12)13-5-3-2-4-6-13)11-26-18-8-7-14(23(24)25)9-16(18)19/h2-9H,11H2,1H3. The summed E-state index contributed by atoms with van der Waals surface area (Å²) < 4.78 is 7.36. The van der Waals surface area contributed by atoms with E-state index in [1.165, 1.54) is 18.2 Å². The maximum Gasteiger partial charge on any atom is 0.271 e. The Hall–Kier alpha value is -3.37. The van der Waals surface area contributed by atoms with Crippen molar-refractivity contribution < 1.29 is 9.66 Å². The lowest BCUT2D eigenvalue weighted by atomic mass is 10.2. The summed E-state index contributed by atoms with van der Waals surface area (Å²) in [6.07, 6.45) is 0. The third-order valence-electron chi connectivity index (χ3n) is 3.76. The zero-order valence-corrected chi connectivity index (χ0v) is 14.5. The molecule has 0 atom stereocenters. The minimum atomic E-state index is -0.530. The maximum atomic E-state index is 10.8. The minimum absolute atomic E-state index is 0.0379. The van der Waals surface area contributed by atoms with Gasteiger partial charge in [0.25, 0.3) is 5.69 Å². The fourth-order valence-electron chi connectivity index (χ4n) is 2.50. The molecule has 0 radical (unpaired) electrons. The van der Waals surface area contributed by atoms with Crippen molar-refractivity contribution >= 4 is 17.3 Å². The fraction of sp³-hybridized carbons (Fsp3) is 0.111. The van der Waals surface area contributed by atoms with E-state index in [2.05, 4.69) is 11.2 Å². The van der Waals surface area contributed by atoms with Crippen LogP contribution in [0, 0.1) is 28.4 Å². The van der Waals surface area contributed by atoms with Crippen LogP contribution in [0.3, 0.4) is 0 Å². The number of halogens is 1. The lowest BCUT2D eigenvalue weighted by molar-refractivity contribution is -0.384. The number of nitrogens with zero attached hydrogens (tertiary/aromatic N) is 4. The van der Waals surface area contributed by atoms with Crippen LogP contribution in [0.15, 0.2) is 48.5 Å². The number of hydrogen-bond acceptors (Lipinski definition) is 5. The van der Waals surface area contributed by atoms with Gasteiger partial charge in [0.15, 0.2) is 0 Å². The van der Waals surface area contributed by atoms with E-state index in [-0.39, 0.29) is 17.3 Å². The maximum absolute atomic E-state index is 10.8. The first kappa shape index (κ1) is 17.5. The second-order valence-corrected chi connectivity index (χ2v) is 5.83. The van der Waals surface area contributed by atoms with Crippen LogP contribution in [0.2, 0.25) is 5.02 Å². The van der Waals surface area contributed by atoms with Crippen LogP contribution in [-0.2, 0) is 6.61 Å². The van der Waals surface area contributed by atoms with E-state index in [4.69, 9.17) is 16.3 Å². The SMILES string of the molecule is Cc1nn(-c2ccccc2)c(COc2ccc([N+](=O)[O-])cc2Cl)c1C#N. The number of benzene rings is 2. The predicted molar refractivity (Wildman–Crippen MR) is 95.5 cm³/mol. The molecule has 0 amide bonds. The van der Waals surface area contributed by atoms with Gasteiger partial charge in [-0.25, -0.2) is 4.68 Å². The molecule has 3 aromatic rings. The van der Waals surface area contributed by atoms with Gasteiger partial charge in [-0.1, -0.05) is 29.8 Å². The zero-order chi connectivity index (χ0) is 18.7. The van der Waals surface area contributed by atoms with E-state index < -0.39 is 4.92 Å². The summed E-state index contributed by atoms with van der Waals surface area (Å²) in [6.45, 7) is 1.79. The van der Waals surface area contributed by atoms with Gasteiger partial charge >= 0.3 is 0 Å². The molecule has 2 aromatic carbocycles. The Morgan fingerprint density at radius 1 is 1.31 bits per heavy atom. The van der Waals surface area contributed by atoms with Crippen LogP contribution >= 0.6 is 11.6 Å². The number of aromatic nitrogens is 2. The lowest BCUT2D eigenvalue weighted by Gasteiger charge is -2.11. The highest BCUT2D eigenvalue weighted by Crippen LogP contribution is 2.30. The molecule has 26 heavy (non-hydrogen) atoms. The topological polar surface area (TPSA) is 94.0 Å². The summed E-state index contributed by atoms with van der Waals surface area (Å²) in [4.78, 5) is 10.3.